The Morgan fingerprint density at radius 3 is 3.00 bits per heavy atom. The Labute approximate surface area is 99.3 Å². The minimum atomic E-state index is -0.430. The highest BCUT2D eigenvalue weighted by atomic mass is 32.1. The van der Waals surface area contributed by atoms with Gasteiger partial charge < -0.3 is 11.1 Å². The van der Waals surface area contributed by atoms with Crippen LogP contribution in [0.25, 0.3) is 0 Å². The summed E-state index contributed by atoms with van der Waals surface area (Å²) >= 11 is 1.59. The molecule has 0 saturated heterocycles. The number of hydrogen-bond acceptors (Lipinski definition) is 4. The second-order valence-corrected chi connectivity index (χ2v) is 5.18. The quantitative estimate of drug-likeness (QED) is 0.843. The maximum absolute atomic E-state index is 11.6. The van der Waals surface area contributed by atoms with Crippen LogP contribution in [0.2, 0.25) is 0 Å². The molecule has 1 atom stereocenters. The van der Waals surface area contributed by atoms with Crippen molar-refractivity contribution in [1.82, 2.24) is 4.98 Å². The molecule has 1 aliphatic carbocycles. The molecular formula is C11H17N3OS. The van der Waals surface area contributed by atoms with Gasteiger partial charge in [-0.15, -0.1) is 11.3 Å². The van der Waals surface area contributed by atoms with Crippen molar-refractivity contribution < 1.29 is 4.79 Å². The van der Waals surface area contributed by atoms with Crippen molar-refractivity contribution in [2.24, 2.45) is 5.73 Å². The molecule has 0 aromatic carbocycles. The average molecular weight is 239 g/mol. The maximum atomic E-state index is 11.6. The number of fused-ring (bicyclic) bond motifs is 1. The number of rotatable bonds is 3. The summed E-state index contributed by atoms with van der Waals surface area (Å²) in [5, 5.41) is 3.50. The van der Waals surface area contributed by atoms with Crippen LogP contribution in [-0.4, -0.2) is 16.9 Å². The van der Waals surface area contributed by atoms with E-state index < -0.39 is 6.04 Å². The number of thiazole rings is 1. The lowest BCUT2D eigenvalue weighted by molar-refractivity contribution is -0.117. The lowest BCUT2D eigenvalue weighted by Gasteiger charge is -2.06. The third-order valence-corrected chi connectivity index (χ3v) is 3.93. The molecule has 0 saturated carbocycles. The number of amides is 1. The number of aryl methyl sites for hydroxylation is 2. The van der Waals surface area contributed by atoms with Crippen molar-refractivity contribution >= 4 is 22.4 Å². The minimum absolute atomic E-state index is 0.131. The van der Waals surface area contributed by atoms with E-state index in [9.17, 15) is 4.79 Å². The van der Waals surface area contributed by atoms with Crippen LogP contribution in [0.5, 0.6) is 0 Å². The molecule has 1 aliphatic rings. The fraction of sp³-hybridized carbons (Fsp3) is 0.636. The first-order valence-electron chi connectivity index (χ1n) is 5.75. The van der Waals surface area contributed by atoms with Crippen LogP contribution in [0.1, 0.15) is 36.8 Å². The molecule has 1 heterocycles. The molecule has 4 nitrogen and oxygen atoms in total. The first-order valence-corrected chi connectivity index (χ1v) is 6.57. The van der Waals surface area contributed by atoms with Crippen LogP contribution < -0.4 is 11.1 Å². The lowest BCUT2D eigenvalue weighted by Crippen LogP contribution is -2.34. The molecule has 88 valence electrons. The normalized spacial score (nSPS) is 16.6. The Morgan fingerprint density at radius 2 is 2.31 bits per heavy atom. The first kappa shape index (κ1) is 11.5. The number of anilines is 1. The molecule has 1 aromatic heterocycles. The van der Waals surface area contributed by atoms with Crippen molar-refractivity contribution in [1.29, 1.82) is 0 Å². The van der Waals surface area contributed by atoms with Gasteiger partial charge in [0.1, 0.15) is 0 Å². The maximum Gasteiger partial charge on any atom is 0.243 e. The summed E-state index contributed by atoms with van der Waals surface area (Å²) in [5.74, 6) is -0.131. The predicted molar refractivity (Wildman–Crippen MR) is 65.7 cm³/mol. The second kappa shape index (κ2) is 4.93. The molecule has 0 aliphatic heterocycles. The first-order chi connectivity index (χ1) is 7.70. The fourth-order valence-electron chi connectivity index (χ4n) is 1.79. The van der Waals surface area contributed by atoms with Crippen molar-refractivity contribution in [3.05, 3.63) is 10.6 Å². The summed E-state index contributed by atoms with van der Waals surface area (Å²) in [6, 6.07) is -0.430. The van der Waals surface area contributed by atoms with Crippen molar-refractivity contribution in [2.45, 2.75) is 45.1 Å². The Kier molecular flexibility index (Phi) is 3.56. The Hall–Kier alpha value is -0.940. The van der Waals surface area contributed by atoms with E-state index in [0.717, 1.165) is 18.5 Å². The Balaban J connectivity index is 2.05. The third-order valence-electron chi connectivity index (χ3n) is 2.85. The zero-order chi connectivity index (χ0) is 11.5. The molecule has 1 amide bonds. The summed E-state index contributed by atoms with van der Waals surface area (Å²) in [6.07, 6.45) is 5.23. The zero-order valence-electron chi connectivity index (χ0n) is 9.45. The number of hydrogen-bond donors (Lipinski definition) is 2. The fourth-order valence-corrected chi connectivity index (χ4v) is 2.84. The smallest absolute Gasteiger partial charge is 0.243 e. The van der Waals surface area contributed by atoms with Crippen LogP contribution in [0.3, 0.4) is 0 Å². The number of carbonyl (C=O) groups is 1. The van der Waals surface area contributed by atoms with Gasteiger partial charge in [0.05, 0.1) is 11.7 Å². The van der Waals surface area contributed by atoms with Crippen LogP contribution in [-0.2, 0) is 17.6 Å². The summed E-state index contributed by atoms with van der Waals surface area (Å²) < 4.78 is 0. The van der Waals surface area contributed by atoms with Crippen molar-refractivity contribution in [2.75, 3.05) is 5.32 Å². The Bertz CT molecular complexity index is 365. The van der Waals surface area contributed by atoms with E-state index in [1.807, 2.05) is 6.92 Å². The minimum Gasteiger partial charge on any atom is -0.320 e. The van der Waals surface area contributed by atoms with E-state index in [1.54, 1.807) is 11.3 Å². The molecule has 1 unspecified atom stereocenters. The topological polar surface area (TPSA) is 68.0 Å². The van der Waals surface area contributed by atoms with E-state index in [2.05, 4.69) is 10.3 Å². The van der Waals surface area contributed by atoms with Gasteiger partial charge >= 0.3 is 0 Å². The molecule has 1 aromatic rings. The predicted octanol–water partition coefficient (Wildman–Crippen LogP) is 1.70. The number of carbonyl (C=O) groups excluding carboxylic acids is 1. The summed E-state index contributed by atoms with van der Waals surface area (Å²) in [5.41, 5.74) is 6.81. The van der Waals surface area contributed by atoms with E-state index in [1.165, 1.54) is 17.7 Å². The molecule has 0 spiro atoms. The molecule has 0 radical (unpaired) electrons. The standard InChI is InChI=1S/C11H17N3OS/c1-2-7(12)10(15)14-11-13-8-5-3-4-6-9(8)16-11/h7H,2-6,12H2,1H3,(H,13,14,15). The van der Waals surface area contributed by atoms with Crippen molar-refractivity contribution in [3.63, 3.8) is 0 Å². The van der Waals surface area contributed by atoms with Gasteiger partial charge in [-0.25, -0.2) is 4.98 Å². The molecule has 3 N–H and O–H groups in total. The van der Waals surface area contributed by atoms with Gasteiger partial charge in [0, 0.05) is 4.88 Å². The highest BCUT2D eigenvalue weighted by Crippen LogP contribution is 2.29. The number of nitrogens with zero attached hydrogens (tertiary/aromatic N) is 1. The number of nitrogens with one attached hydrogen (secondary N) is 1. The summed E-state index contributed by atoms with van der Waals surface area (Å²) in [4.78, 5) is 17.4. The summed E-state index contributed by atoms with van der Waals surface area (Å²) in [6.45, 7) is 1.90. The van der Waals surface area contributed by atoms with Crippen LogP contribution >= 0.6 is 11.3 Å². The van der Waals surface area contributed by atoms with Crippen LogP contribution in [0, 0.1) is 0 Å². The molecular weight excluding hydrogens is 222 g/mol. The van der Waals surface area contributed by atoms with Gasteiger partial charge in [0.2, 0.25) is 5.91 Å². The summed E-state index contributed by atoms with van der Waals surface area (Å²) in [7, 11) is 0. The van der Waals surface area contributed by atoms with Gasteiger partial charge in [-0.1, -0.05) is 6.92 Å². The largest absolute Gasteiger partial charge is 0.320 e. The van der Waals surface area contributed by atoms with Gasteiger partial charge in [0.25, 0.3) is 0 Å². The zero-order valence-corrected chi connectivity index (χ0v) is 10.3. The van der Waals surface area contributed by atoms with E-state index >= 15 is 0 Å². The third kappa shape index (κ3) is 2.41. The van der Waals surface area contributed by atoms with E-state index in [4.69, 9.17) is 5.73 Å². The molecule has 0 bridgehead atoms. The molecule has 5 heteroatoms. The molecule has 2 rings (SSSR count). The number of nitrogens with two attached hydrogens (primary N) is 1. The van der Waals surface area contributed by atoms with E-state index in [-0.39, 0.29) is 5.91 Å². The van der Waals surface area contributed by atoms with Gasteiger partial charge in [0.15, 0.2) is 5.13 Å². The van der Waals surface area contributed by atoms with E-state index in [0.29, 0.717) is 11.6 Å². The van der Waals surface area contributed by atoms with Crippen LogP contribution in [0.15, 0.2) is 0 Å². The lowest BCUT2D eigenvalue weighted by atomic mass is 10.0. The average Bonchev–Trinajstić information content (AvgIpc) is 2.69. The van der Waals surface area contributed by atoms with Gasteiger partial charge in [-0.05, 0) is 32.1 Å². The Morgan fingerprint density at radius 1 is 1.56 bits per heavy atom. The van der Waals surface area contributed by atoms with Gasteiger partial charge in [-0.2, -0.15) is 0 Å². The monoisotopic (exact) mass is 239 g/mol. The number of aromatic nitrogens is 1. The highest BCUT2D eigenvalue weighted by molar-refractivity contribution is 7.15. The molecule has 16 heavy (non-hydrogen) atoms. The van der Waals surface area contributed by atoms with Gasteiger partial charge in [-0.3, -0.25) is 4.79 Å². The van der Waals surface area contributed by atoms with Crippen LogP contribution in [0.4, 0.5) is 5.13 Å². The highest BCUT2D eigenvalue weighted by Gasteiger charge is 2.18. The molecule has 0 fully saturated rings. The second-order valence-electron chi connectivity index (χ2n) is 4.10. The van der Waals surface area contributed by atoms with Crippen molar-refractivity contribution in [3.8, 4) is 0 Å². The SMILES string of the molecule is CCC(N)C(=O)Nc1nc2c(s1)CCCC2.